The number of nitrogen functional groups attached to an aromatic ring is 1. The van der Waals surface area contributed by atoms with Crippen LogP contribution in [-0.4, -0.2) is 30.8 Å². The van der Waals surface area contributed by atoms with Crippen LogP contribution >= 0.6 is 0 Å². The summed E-state index contributed by atoms with van der Waals surface area (Å²) in [5, 5.41) is 3.42. The molecule has 0 aliphatic carbocycles. The zero-order chi connectivity index (χ0) is 23.4. The van der Waals surface area contributed by atoms with Gasteiger partial charge in [-0.3, -0.25) is 4.99 Å². The molecule has 7 N–H and O–H groups in total. The number of ether oxygens (including phenoxy) is 1. The molecule has 8 heteroatoms. The minimum Gasteiger partial charge on any atom is -0.482 e. The maximum absolute atomic E-state index is 14.2. The van der Waals surface area contributed by atoms with E-state index in [9.17, 15) is 4.39 Å². The van der Waals surface area contributed by atoms with Crippen molar-refractivity contribution in [2.45, 2.75) is 39.3 Å². The number of aliphatic imine (C=N–C) groups is 1. The van der Waals surface area contributed by atoms with E-state index in [1.807, 2.05) is 26.8 Å². The summed E-state index contributed by atoms with van der Waals surface area (Å²) >= 11 is 0. The summed E-state index contributed by atoms with van der Waals surface area (Å²) < 4.78 is 20.3. The van der Waals surface area contributed by atoms with E-state index < -0.39 is 6.10 Å². The quantitative estimate of drug-likeness (QED) is 0.543. The number of nitrogens with two attached hydrogens (primary N) is 3. The SMILES string of the molecule is CCN/C1=C(\C(C)N)CC(C=NC)=C(N)c2ccc(F)cc2C(C)Oc2cc1cnc2N. The lowest BCUT2D eigenvalue weighted by Gasteiger charge is -2.25. The number of nitrogens with zero attached hydrogens (tertiary/aromatic N) is 2. The van der Waals surface area contributed by atoms with Crippen LogP contribution in [0.3, 0.4) is 0 Å². The fraction of sp³-hybridized carbons (Fsp3) is 0.333. The number of anilines is 1. The number of hydrogen-bond acceptors (Lipinski definition) is 7. The largest absolute Gasteiger partial charge is 0.482 e. The minimum absolute atomic E-state index is 0.246. The fourth-order valence-corrected chi connectivity index (χ4v) is 3.85. The van der Waals surface area contributed by atoms with Crippen molar-refractivity contribution in [3.05, 3.63) is 64.1 Å². The summed E-state index contributed by atoms with van der Waals surface area (Å²) in [4.78, 5) is 8.54. The number of aromatic nitrogens is 1. The lowest BCUT2D eigenvalue weighted by molar-refractivity contribution is 0.226. The van der Waals surface area contributed by atoms with Crippen molar-refractivity contribution >= 4 is 23.4 Å². The molecule has 0 fully saturated rings. The number of rotatable bonds is 4. The predicted octanol–water partition coefficient (Wildman–Crippen LogP) is 3.38. The Bertz CT molecular complexity index is 1090. The summed E-state index contributed by atoms with van der Waals surface area (Å²) in [5.74, 6) is 0.273. The number of halogens is 1. The molecule has 2 atom stereocenters. The van der Waals surface area contributed by atoms with Crippen LogP contribution in [0.2, 0.25) is 0 Å². The third-order valence-electron chi connectivity index (χ3n) is 5.45. The fourth-order valence-electron chi connectivity index (χ4n) is 3.85. The molecule has 7 nitrogen and oxygen atoms in total. The maximum atomic E-state index is 14.2. The minimum atomic E-state index is -0.530. The van der Waals surface area contributed by atoms with E-state index in [4.69, 9.17) is 21.9 Å². The zero-order valence-corrected chi connectivity index (χ0v) is 18.9. The number of pyridine rings is 1. The molecule has 2 heterocycles. The molecule has 0 radical (unpaired) electrons. The Kier molecular flexibility index (Phi) is 7.15. The van der Waals surface area contributed by atoms with Crippen LogP contribution in [0, 0.1) is 5.82 Å². The van der Waals surface area contributed by atoms with Crippen LogP contribution in [0.15, 0.2) is 46.6 Å². The predicted molar refractivity (Wildman–Crippen MR) is 128 cm³/mol. The highest BCUT2D eigenvalue weighted by Crippen LogP contribution is 2.35. The van der Waals surface area contributed by atoms with Gasteiger partial charge in [-0.1, -0.05) is 0 Å². The molecule has 1 aromatic heterocycles. The average Bonchev–Trinajstić information content (AvgIpc) is 2.75. The van der Waals surface area contributed by atoms with Crippen molar-refractivity contribution in [3.63, 3.8) is 0 Å². The van der Waals surface area contributed by atoms with Gasteiger partial charge in [-0.2, -0.15) is 0 Å². The number of allylic oxidation sites excluding steroid dienone is 1. The lowest BCUT2D eigenvalue weighted by Crippen LogP contribution is -2.25. The Morgan fingerprint density at radius 2 is 2.09 bits per heavy atom. The van der Waals surface area contributed by atoms with Gasteiger partial charge in [0, 0.05) is 66.6 Å². The Balaban J connectivity index is 2.39. The van der Waals surface area contributed by atoms with Crippen LogP contribution in [-0.2, 0) is 0 Å². The van der Waals surface area contributed by atoms with E-state index in [1.54, 1.807) is 25.5 Å². The molecule has 1 aromatic carbocycles. The van der Waals surface area contributed by atoms with E-state index in [0.717, 1.165) is 22.4 Å². The molecule has 2 unspecified atom stereocenters. The topological polar surface area (TPSA) is 125 Å². The molecule has 3 rings (SSSR count). The first kappa shape index (κ1) is 23.3. The van der Waals surface area contributed by atoms with E-state index in [0.29, 0.717) is 35.5 Å². The normalized spacial score (nSPS) is 20.2. The van der Waals surface area contributed by atoms with Crippen LogP contribution in [0.5, 0.6) is 5.75 Å². The number of hydrogen-bond donors (Lipinski definition) is 4. The molecule has 0 saturated carbocycles. The number of nitrogens with one attached hydrogen (secondary N) is 1. The molecular formula is C24H31FN6O. The van der Waals surface area contributed by atoms with E-state index >= 15 is 0 Å². The van der Waals surface area contributed by atoms with Crippen LogP contribution < -0.4 is 27.3 Å². The Morgan fingerprint density at radius 1 is 1.34 bits per heavy atom. The van der Waals surface area contributed by atoms with Gasteiger partial charge in [0.2, 0.25) is 0 Å². The summed E-state index contributed by atoms with van der Waals surface area (Å²) in [6.07, 6.45) is 3.33. The second-order valence-corrected chi connectivity index (χ2v) is 7.82. The smallest absolute Gasteiger partial charge is 0.166 e. The van der Waals surface area contributed by atoms with Crippen molar-refractivity contribution in [2.24, 2.45) is 16.5 Å². The molecule has 2 bridgehead atoms. The molecule has 0 saturated heterocycles. The molecular weight excluding hydrogens is 407 g/mol. The monoisotopic (exact) mass is 438 g/mol. The van der Waals surface area contributed by atoms with Crippen LogP contribution in [0.1, 0.15) is 50.0 Å². The molecule has 2 aromatic rings. The van der Waals surface area contributed by atoms with Crippen molar-refractivity contribution in [3.8, 4) is 5.75 Å². The van der Waals surface area contributed by atoms with Gasteiger partial charge in [0.1, 0.15) is 11.9 Å². The Hall–Kier alpha value is -3.39. The average molecular weight is 439 g/mol. The molecule has 0 spiro atoms. The highest BCUT2D eigenvalue weighted by atomic mass is 19.1. The van der Waals surface area contributed by atoms with E-state index in [-0.39, 0.29) is 17.7 Å². The number of fused-ring (bicyclic) bond motifs is 3. The summed E-state index contributed by atoms with van der Waals surface area (Å²) in [6, 6.07) is 6.02. The summed E-state index contributed by atoms with van der Waals surface area (Å²) in [5.41, 5.74) is 24.3. The third kappa shape index (κ3) is 4.75. The zero-order valence-electron chi connectivity index (χ0n) is 18.9. The van der Waals surface area contributed by atoms with Gasteiger partial charge in [0.05, 0.1) is 0 Å². The van der Waals surface area contributed by atoms with Crippen LogP contribution in [0.25, 0.3) is 11.4 Å². The van der Waals surface area contributed by atoms with Gasteiger partial charge in [0.15, 0.2) is 11.6 Å². The van der Waals surface area contributed by atoms with Crippen molar-refractivity contribution in [1.82, 2.24) is 10.3 Å². The van der Waals surface area contributed by atoms with Gasteiger partial charge >= 0.3 is 0 Å². The second kappa shape index (κ2) is 9.82. The second-order valence-electron chi connectivity index (χ2n) is 7.82. The first-order chi connectivity index (χ1) is 15.3. The molecule has 170 valence electrons. The highest BCUT2D eigenvalue weighted by Gasteiger charge is 2.23. The first-order valence-corrected chi connectivity index (χ1v) is 10.6. The number of benzene rings is 1. The standard InChI is InChI=1S/C24H31FN6O/c1-5-30-23-16-9-21(24(28)31-12-16)32-14(3)20-10-17(25)6-7-18(20)22(27)15(11-29-4)8-19(23)13(2)26/h6-7,9-14,30H,5,8,26-27H2,1-4H3,(H2,28,31)/b22-15?,23-19-,29-11?. The molecule has 1 aliphatic heterocycles. The summed E-state index contributed by atoms with van der Waals surface area (Å²) in [7, 11) is 1.68. The lowest BCUT2D eigenvalue weighted by atomic mass is 9.91. The van der Waals surface area contributed by atoms with Crippen molar-refractivity contribution in [1.29, 1.82) is 0 Å². The van der Waals surface area contributed by atoms with Crippen molar-refractivity contribution in [2.75, 3.05) is 19.3 Å². The van der Waals surface area contributed by atoms with Gasteiger partial charge in [-0.25, -0.2) is 9.37 Å². The van der Waals surface area contributed by atoms with Crippen molar-refractivity contribution < 1.29 is 9.13 Å². The van der Waals surface area contributed by atoms with Gasteiger partial charge < -0.3 is 27.3 Å². The van der Waals surface area contributed by atoms with Crippen LogP contribution in [0.4, 0.5) is 10.2 Å². The highest BCUT2D eigenvalue weighted by molar-refractivity contribution is 5.92. The van der Waals surface area contributed by atoms with Gasteiger partial charge in [0.25, 0.3) is 0 Å². The van der Waals surface area contributed by atoms with Gasteiger partial charge in [-0.05, 0) is 56.2 Å². The first-order valence-electron chi connectivity index (χ1n) is 10.6. The van der Waals surface area contributed by atoms with E-state index in [2.05, 4.69) is 15.3 Å². The Morgan fingerprint density at radius 3 is 2.75 bits per heavy atom. The third-order valence-corrected chi connectivity index (χ3v) is 5.45. The Labute approximate surface area is 188 Å². The van der Waals surface area contributed by atoms with Gasteiger partial charge in [-0.15, -0.1) is 0 Å². The molecule has 1 aliphatic rings. The molecule has 32 heavy (non-hydrogen) atoms. The maximum Gasteiger partial charge on any atom is 0.166 e. The molecule has 0 amide bonds. The summed E-state index contributed by atoms with van der Waals surface area (Å²) in [6.45, 7) is 6.44. The van der Waals surface area contributed by atoms with E-state index in [1.165, 1.54) is 12.1 Å².